The fourth-order valence-electron chi connectivity index (χ4n) is 2.72. The van der Waals surface area contributed by atoms with Gasteiger partial charge in [0, 0.05) is 44.4 Å². The third-order valence-electron chi connectivity index (χ3n) is 4.03. The molecule has 3 heterocycles. The van der Waals surface area contributed by atoms with E-state index in [-0.39, 0.29) is 12.5 Å². The van der Waals surface area contributed by atoms with E-state index < -0.39 is 5.67 Å². The second-order valence-electron chi connectivity index (χ2n) is 5.64. The van der Waals surface area contributed by atoms with Crippen molar-refractivity contribution in [2.75, 3.05) is 24.5 Å². The summed E-state index contributed by atoms with van der Waals surface area (Å²) in [4.78, 5) is 25.6. The van der Waals surface area contributed by atoms with Gasteiger partial charge < -0.3 is 10.2 Å². The number of hydrogen-bond donors (Lipinski definition) is 1. The van der Waals surface area contributed by atoms with Gasteiger partial charge in [-0.1, -0.05) is 0 Å². The predicted octanol–water partition coefficient (Wildman–Crippen LogP) is 1.47. The Hall–Kier alpha value is -2.31. The number of rotatable bonds is 3. The van der Waals surface area contributed by atoms with Gasteiger partial charge in [-0.15, -0.1) is 0 Å². The summed E-state index contributed by atoms with van der Waals surface area (Å²) in [6, 6.07) is 1.87. The van der Waals surface area contributed by atoms with Crippen molar-refractivity contribution in [2.45, 2.75) is 25.4 Å². The zero-order chi connectivity index (χ0) is 15.6. The number of aromatic nitrogens is 3. The Kier molecular flexibility index (Phi) is 3.87. The minimum Gasteiger partial charge on any atom is -0.356 e. The molecule has 0 unspecified atom stereocenters. The number of alkyl halides is 1. The standard InChI is InChI=1S/C15H18FN5O/c1-11(22)18-9-15(16)3-6-21(7-4-15)14-12-2-5-17-8-13(12)19-10-20-14/h2,5,8,10H,3-4,6-7,9H2,1H3,(H,18,22). The first kappa shape index (κ1) is 14.6. The molecule has 3 rings (SSSR count). The second kappa shape index (κ2) is 5.82. The van der Waals surface area contributed by atoms with Crippen molar-refractivity contribution in [1.29, 1.82) is 0 Å². The number of fused-ring (bicyclic) bond motifs is 1. The smallest absolute Gasteiger partial charge is 0.216 e. The zero-order valence-electron chi connectivity index (χ0n) is 12.4. The van der Waals surface area contributed by atoms with Gasteiger partial charge in [0.1, 0.15) is 17.8 Å². The van der Waals surface area contributed by atoms with Crippen molar-refractivity contribution in [2.24, 2.45) is 0 Å². The van der Waals surface area contributed by atoms with Gasteiger partial charge in [-0.05, 0) is 6.07 Å². The number of halogens is 1. The number of anilines is 1. The summed E-state index contributed by atoms with van der Waals surface area (Å²) in [5.74, 6) is 0.614. The van der Waals surface area contributed by atoms with Crippen LogP contribution in [0.4, 0.5) is 10.2 Å². The molecule has 0 bridgehead atoms. The number of carbonyl (C=O) groups excluding carboxylic acids is 1. The number of nitrogens with zero attached hydrogens (tertiary/aromatic N) is 4. The highest BCUT2D eigenvalue weighted by Crippen LogP contribution is 2.30. The van der Waals surface area contributed by atoms with Crippen LogP contribution in [0.1, 0.15) is 19.8 Å². The van der Waals surface area contributed by atoms with E-state index in [1.165, 1.54) is 13.3 Å². The Labute approximate surface area is 127 Å². The van der Waals surface area contributed by atoms with E-state index in [0.29, 0.717) is 25.9 Å². The molecular formula is C15H18FN5O. The van der Waals surface area contributed by atoms with E-state index in [1.807, 2.05) is 6.07 Å². The van der Waals surface area contributed by atoms with Gasteiger partial charge in [-0.25, -0.2) is 14.4 Å². The first-order valence-corrected chi connectivity index (χ1v) is 7.30. The molecule has 0 aliphatic carbocycles. The quantitative estimate of drug-likeness (QED) is 0.929. The third-order valence-corrected chi connectivity index (χ3v) is 4.03. The van der Waals surface area contributed by atoms with Crippen LogP contribution >= 0.6 is 0 Å². The van der Waals surface area contributed by atoms with Gasteiger partial charge in [0.25, 0.3) is 0 Å². The molecule has 6 nitrogen and oxygen atoms in total. The molecule has 1 fully saturated rings. The monoisotopic (exact) mass is 303 g/mol. The fourth-order valence-corrected chi connectivity index (χ4v) is 2.72. The Bertz CT molecular complexity index is 679. The third kappa shape index (κ3) is 2.98. The summed E-state index contributed by atoms with van der Waals surface area (Å²) in [6.45, 7) is 2.60. The molecule has 0 radical (unpaired) electrons. The van der Waals surface area contributed by atoms with Crippen molar-refractivity contribution < 1.29 is 9.18 Å². The van der Waals surface area contributed by atoms with Crippen LogP contribution in [-0.2, 0) is 4.79 Å². The van der Waals surface area contributed by atoms with Crippen molar-refractivity contribution in [1.82, 2.24) is 20.3 Å². The molecule has 0 spiro atoms. The van der Waals surface area contributed by atoms with Crippen LogP contribution in [0, 0.1) is 0 Å². The predicted molar refractivity (Wildman–Crippen MR) is 81.3 cm³/mol. The molecule has 2 aromatic rings. The molecule has 1 saturated heterocycles. The highest BCUT2D eigenvalue weighted by Gasteiger charge is 2.35. The maximum atomic E-state index is 14.7. The van der Waals surface area contributed by atoms with E-state index in [4.69, 9.17) is 0 Å². The lowest BCUT2D eigenvalue weighted by atomic mass is 9.93. The lowest BCUT2D eigenvalue weighted by molar-refractivity contribution is -0.119. The molecule has 1 aliphatic rings. The Morgan fingerprint density at radius 3 is 2.91 bits per heavy atom. The number of carbonyl (C=O) groups is 1. The molecule has 1 N–H and O–H groups in total. The van der Waals surface area contributed by atoms with Crippen molar-refractivity contribution in [3.63, 3.8) is 0 Å². The molecule has 22 heavy (non-hydrogen) atoms. The van der Waals surface area contributed by atoms with Crippen molar-refractivity contribution >= 4 is 22.6 Å². The second-order valence-corrected chi connectivity index (χ2v) is 5.64. The van der Waals surface area contributed by atoms with Crippen LogP contribution in [0.25, 0.3) is 10.9 Å². The maximum Gasteiger partial charge on any atom is 0.216 e. The van der Waals surface area contributed by atoms with Gasteiger partial charge in [0.2, 0.25) is 5.91 Å². The van der Waals surface area contributed by atoms with Gasteiger partial charge in [0.05, 0.1) is 18.3 Å². The summed E-state index contributed by atoms with van der Waals surface area (Å²) in [5, 5.41) is 3.50. The Balaban J connectivity index is 1.74. The topological polar surface area (TPSA) is 71.0 Å². The highest BCUT2D eigenvalue weighted by molar-refractivity contribution is 5.88. The van der Waals surface area contributed by atoms with E-state index in [1.54, 1.807) is 12.4 Å². The minimum atomic E-state index is -1.34. The van der Waals surface area contributed by atoms with Crippen LogP contribution in [-0.4, -0.2) is 46.2 Å². The molecule has 1 amide bonds. The Morgan fingerprint density at radius 2 is 2.18 bits per heavy atom. The number of pyridine rings is 1. The summed E-state index contributed by atoms with van der Waals surface area (Å²) in [7, 11) is 0. The molecular weight excluding hydrogens is 285 g/mol. The van der Waals surface area contributed by atoms with Crippen LogP contribution in [0.15, 0.2) is 24.8 Å². The van der Waals surface area contributed by atoms with E-state index >= 15 is 0 Å². The molecule has 7 heteroatoms. The highest BCUT2D eigenvalue weighted by atomic mass is 19.1. The number of nitrogens with one attached hydrogen (secondary N) is 1. The SMILES string of the molecule is CC(=O)NCC1(F)CCN(c2ncnc3cnccc23)CC1. The lowest BCUT2D eigenvalue weighted by Crippen LogP contribution is -2.48. The summed E-state index contributed by atoms with van der Waals surface area (Å²) < 4.78 is 14.7. The van der Waals surface area contributed by atoms with Crippen LogP contribution < -0.4 is 10.2 Å². The van der Waals surface area contributed by atoms with Crippen LogP contribution in [0.5, 0.6) is 0 Å². The molecule has 0 aromatic carbocycles. The first-order chi connectivity index (χ1) is 10.6. The van der Waals surface area contributed by atoms with Crippen molar-refractivity contribution in [3.8, 4) is 0 Å². The average Bonchev–Trinajstić information content (AvgIpc) is 2.53. The molecule has 0 atom stereocenters. The van der Waals surface area contributed by atoms with Crippen molar-refractivity contribution in [3.05, 3.63) is 24.8 Å². The number of piperidine rings is 1. The van der Waals surface area contributed by atoms with E-state index in [9.17, 15) is 9.18 Å². The Morgan fingerprint density at radius 1 is 1.41 bits per heavy atom. The fraction of sp³-hybridized carbons (Fsp3) is 0.467. The van der Waals surface area contributed by atoms with E-state index in [0.717, 1.165) is 16.7 Å². The molecule has 2 aromatic heterocycles. The van der Waals surface area contributed by atoms with Crippen LogP contribution in [0.2, 0.25) is 0 Å². The summed E-state index contributed by atoms with van der Waals surface area (Å²) in [5.41, 5.74) is -0.560. The van der Waals surface area contributed by atoms with Gasteiger partial charge >= 0.3 is 0 Å². The minimum absolute atomic E-state index is 0.0740. The number of hydrogen-bond acceptors (Lipinski definition) is 5. The largest absolute Gasteiger partial charge is 0.356 e. The van der Waals surface area contributed by atoms with Gasteiger partial charge in [0.15, 0.2) is 0 Å². The average molecular weight is 303 g/mol. The summed E-state index contributed by atoms with van der Waals surface area (Å²) in [6.07, 6.45) is 5.64. The van der Waals surface area contributed by atoms with Crippen LogP contribution in [0.3, 0.4) is 0 Å². The maximum absolute atomic E-state index is 14.7. The first-order valence-electron chi connectivity index (χ1n) is 7.30. The molecule has 0 saturated carbocycles. The molecule has 1 aliphatic heterocycles. The summed E-state index contributed by atoms with van der Waals surface area (Å²) >= 11 is 0. The van der Waals surface area contributed by atoms with Gasteiger partial charge in [-0.2, -0.15) is 0 Å². The van der Waals surface area contributed by atoms with E-state index in [2.05, 4.69) is 25.2 Å². The zero-order valence-corrected chi connectivity index (χ0v) is 12.4. The van der Waals surface area contributed by atoms with Gasteiger partial charge in [-0.3, -0.25) is 9.78 Å². The molecule has 116 valence electrons. The normalized spacial score (nSPS) is 17.5. The lowest BCUT2D eigenvalue weighted by Gasteiger charge is -2.37. The number of amides is 1.